The van der Waals surface area contributed by atoms with Crippen LogP contribution in [0.5, 0.6) is 0 Å². The van der Waals surface area contributed by atoms with Gasteiger partial charge < -0.3 is 10.4 Å². The lowest BCUT2D eigenvalue weighted by atomic mass is 10.1. The number of hydrogen-bond acceptors (Lipinski definition) is 2. The van der Waals surface area contributed by atoms with Crippen molar-refractivity contribution in [3.63, 3.8) is 0 Å². The van der Waals surface area contributed by atoms with Crippen molar-refractivity contribution < 1.29 is 9.90 Å². The molecule has 0 aromatic heterocycles. The van der Waals surface area contributed by atoms with Gasteiger partial charge in [0.2, 0.25) is 0 Å². The number of anilines is 1. The monoisotopic (exact) mass is 333 g/mol. The Labute approximate surface area is 126 Å². The number of nitrogens with one attached hydrogen (secondary N) is 1. The molecule has 0 saturated heterocycles. The van der Waals surface area contributed by atoms with Crippen LogP contribution in [0.2, 0.25) is 0 Å². The van der Waals surface area contributed by atoms with Gasteiger partial charge in [-0.15, -0.1) is 0 Å². The SMILES string of the molecule is Cc1cc(C)c(NC(C(=O)O)c2ccccc2)c(Br)c1. The first kappa shape index (κ1) is 14.6. The maximum Gasteiger partial charge on any atom is 0.330 e. The molecule has 2 rings (SSSR count). The topological polar surface area (TPSA) is 49.3 Å². The lowest BCUT2D eigenvalue weighted by molar-refractivity contribution is -0.138. The fraction of sp³-hybridized carbons (Fsp3) is 0.188. The van der Waals surface area contributed by atoms with Crippen LogP contribution < -0.4 is 5.32 Å². The Hall–Kier alpha value is -1.81. The summed E-state index contributed by atoms with van der Waals surface area (Å²) in [6.07, 6.45) is 0. The minimum absolute atomic E-state index is 0.729. The maximum atomic E-state index is 11.5. The number of halogens is 1. The van der Waals surface area contributed by atoms with Gasteiger partial charge in [0.25, 0.3) is 0 Å². The van der Waals surface area contributed by atoms with E-state index < -0.39 is 12.0 Å². The molecule has 2 aromatic carbocycles. The van der Waals surface area contributed by atoms with Crippen LogP contribution >= 0.6 is 15.9 Å². The van der Waals surface area contributed by atoms with Crippen molar-refractivity contribution in [2.75, 3.05) is 5.32 Å². The third-order valence-electron chi connectivity index (χ3n) is 3.10. The molecule has 0 aliphatic rings. The van der Waals surface area contributed by atoms with E-state index in [-0.39, 0.29) is 0 Å². The van der Waals surface area contributed by atoms with Crippen molar-refractivity contribution in [3.05, 3.63) is 63.6 Å². The van der Waals surface area contributed by atoms with Crippen molar-refractivity contribution in [3.8, 4) is 0 Å². The van der Waals surface area contributed by atoms with Gasteiger partial charge in [-0.05, 0) is 52.5 Å². The molecule has 0 spiro atoms. The Kier molecular flexibility index (Phi) is 4.45. The Bertz CT molecular complexity index is 603. The summed E-state index contributed by atoms with van der Waals surface area (Å²) in [5.74, 6) is -0.900. The van der Waals surface area contributed by atoms with Crippen molar-refractivity contribution in [2.24, 2.45) is 0 Å². The fourth-order valence-corrected chi connectivity index (χ4v) is 2.96. The predicted octanol–water partition coefficient (Wildman–Crippen LogP) is 4.30. The van der Waals surface area contributed by atoms with Gasteiger partial charge in [-0.25, -0.2) is 4.79 Å². The molecule has 0 radical (unpaired) electrons. The Balaban J connectivity index is 2.38. The molecule has 104 valence electrons. The highest BCUT2D eigenvalue weighted by Crippen LogP contribution is 2.31. The first-order valence-corrected chi connectivity index (χ1v) is 7.09. The molecule has 4 heteroatoms. The number of aliphatic carboxylic acids is 1. The van der Waals surface area contributed by atoms with Crippen molar-refractivity contribution in [1.82, 2.24) is 0 Å². The summed E-state index contributed by atoms with van der Waals surface area (Å²) < 4.78 is 0.872. The minimum Gasteiger partial charge on any atom is -0.479 e. The highest BCUT2D eigenvalue weighted by molar-refractivity contribution is 9.10. The van der Waals surface area contributed by atoms with Gasteiger partial charge in [0.15, 0.2) is 6.04 Å². The first-order valence-electron chi connectivity index (χ1n) is 6.30. The molecule has 0 aliphatic heterocycles. The molecular weight excluding hydrogens is 318 g/mol. The molecule has 0 aliphatic carbocycles. The number of hydrogen-bond donors (Lipinski definition) is 2. The van der Waals surface area contributed by atoms with E-state index in [9.17, 15) is 9.90 Å². The van der Waals surface area contributed by atoms with Gasteiger partial charge in [0.05, 0.1) is 5.69 Å². The lowest BCUT2D eigenvalue weighted by Gasteiger charge is -2.19. The zero-order valence-electron chi connectivity index (χ0n) is 11.4. The molecule has 0 saturated carbocycles. The number of carboxylic acid groups (broad SMARTS) is 1. The van der Waals surface area contributed by atoms with Gasteiger partial charge in [0.1, 0.15) is 0 Å². The zero-order valence-corrected chi connectivity index (χ0v) is 12.9. The van der Waals surface area contributed by atoms with Crippen LogP contribution in [0.3, 0.4) is 0 Å². The standard InChI is InChI=1S/C16H16BrNO2/c1-10-8-11(2)14(13(17)9-10)18-15(16(19)20)12-6-4-3-5-7-12/h3-9,15,18H,1-2H3,(H,19,20). The second-order valence-corrected chi connectivity index (χ2v) is 5.62. The van der Waals surface area contributed by atoms with E-state index in [0.717, 1.165) is 26.9 Å². The first-order chi connectivity index (χ1) is 9.49. The van der Waals surface area contributed by atoms with E-state index in [1.54, 1.807) is 0 Å². The van der Waals surface area contributed by atoms with E-state index in [1.807, 2.05) is 56.3 Å². The van der Waals surface area contributed by atoms with Gasteiger partial charge in [-0.3, -0.25) is 0 Å². The molecule has 2 N–H and O–H groups in total. The van der Waals surface area contributed by atoms with E-state index in [4.69, 9.17) is 0 Å². The van der Waals surface area contributed by atoms with Crippen LogP contribution in [-0.4, -0.2) is 11.1 Å². The summed E-state index contributed by atoms with van der Waals surface area (Å²) in [6, 6.07) is 12.4. The number of benzene rings is 2. The van der Waals surface area contributed by atoms with Gasteiger partial charge in [-0.1, -0.05) is 36.4 Å². The molecule has 0 fully saturated rings. The average molecular weight is 334 g/mol. The maximum absolute atomic E-state index is 11.5. The highest BCUT2D eigenvalue weighted by atomic mass is 79.9. The fourth-order valence-electron chi connectivity index (χ4n) is 2.18. The van der Waals surface area contributed by atoms with Crippen molar-refractivity contribution in [1.29, 1.82) is 0 Å². The number of aryl methyl sites for hydroxylation is 2. The summed E-state index contributed by atoms with van der Waals surface area (Å²) in [6.45, 7) is 3.97. The van der Waals surface area contributed by atoms with Crippen LogP contribution in [-0.2, 0) is 4.79 Å². The summed E-state index contributed by atoms with van der Waals surface area (Å²) >= 11 is 3.49. The lowest BCUT2D eigenvalue weighted by Crippen LogP contribution is -2.21. The molecule has 1 atom stereocenters. The summed E-state index contributed by atoms with van der Waals surface area (Å²) in [4.78, 5) is 11.5. The summed E-state index contributed by atoms with van der Waals surface area (Å²) in [5, 5.41) is 12.6. The minimum atomic E-state index is -0.900. The predicted molar refractivity (Wildman–Crippen MR) is 84.1 cm³/mol. The molecule has 0 amide bonds. The third kappa shape index (κ3) is 3.20. The van der Waals surface area contributed by atoms with Crippen LogP contribution in [0.1, 0.15) is 22.7 Å². The molecule has 20 heavy (non-hydrogen) atoms. The van der Waals surface area contributed by atoms with E-state index >= 15 is 0 Å². The molecule has 3 nitrogen and oxygen atoms in total. The third-order valence-corrected chi connectivity index (χ3v) is 3.73. The van der Waals surface area contributed by atoms with Crippen LogP contribution in [0.4, 0.5) is 5.69 Å². The smallest absolute Gasteiger partial charge is 0.330 e. The molecular formula is C16H16BrNO2. The van der Waals surface area contributed by atoms with E-state index in [2.05, 4.69) is 21.2 Å². The number of carbonyl (C=O) groups is 1. The van der Waals surface area contributed by atoms with Crippen LogP contribution in [0.25, 0.3) is 0 Å². The van der Waals surface area contributed by atoms with Crippen molar-refractivity contribution in [2.45, 2.75) is 19.9 Å². The number of rotatable bonds is 4. The van der Waals surface area contributed by atoms with Gasteiger partial charge in [0, 0.05) is 4.47 Å². The van der Waals surface area contributed by atoms with Crippen molar-refractivity contribution >= 4 is 27.6 Å². The second-order valence-electron chi connectivity index (χ2n) is 4.76. The van der Waals surface area contributed by atoms with E-state index in [0.29, 0.717) is 0 Å². The largest absolute Gasteiger partial charge is 0.479 e. The van der Waals surface area contributed by atoms with Gasteiger partial charge in [-0.2, -0.15) is 0 Å². The molecule has 0 bridgehead atoms. The van der Waals surface area contributed by atoms with Gasteiger partial charge >= 0.3 is 5.97 Å². The Morgan fingerprint density at radius 2 is 1.85 bits per heavy atom. The average Bonchev–Trinajstić information content (AvgIpc) is 2.38. The second kappa shape index (κ2) is 6.09. The zero-order chi connectivity index (χ0) is 14.7. The summed E-state index contributed by atoms with van der Waals surface area (Å²) in [7, 11) is 0. The van der Waals surface area contributed by atoms with E-state index in [1.165, 1.54) is 0 Å². The highest BCUT2D eigenvalue weighted by Gasteiger charge is 2.21. The molecule has 1 unspecified atom stereocenters. The Morgan fingerprint density at radius 1 is 1.20 bits per heavy atom. The van der Waals surface area contributed by atoms with Crippen LogP contribution in [0.15, 0.2) is 46.9 Å². The normalized spacial score (nSPS) is 11.9. The summed E-state index contributed by atoms with van der Waals surface area (Å²) in [5.41, 5.74) is 3.68. The molecule has 2 aromatic rings. The Morgan fingerprint density at radius 3 is 2.40 bits per heavy atom. The number of carboxylic acids is 1. The van der Waals surface area contributed by atoms with Crippen LogP contribution in [0, 0.1) is 13.8 Å². The quantitative estimate of drug-likeness (QED) is 0.876. The molecule has 0 heterocycles.